The van der Waals surface area contributed by atoms with Crippen LogP contribution in [-0.4, -0.2) is 12.0 Å². The summed E-state index contributed by atoms with van der Waals surface area (Å²) in [6, 6.07) is 4.96. The number of benzene rings is 1. The molecule has 0 aliphatic carbocycles. The largest absolute Gasteiger partial charge is 0.497 e. The fourth-order valence-corrected chi connectivity index (χ4v) is 1.32. The molecule has 0 amide bonds. The van der Waals surface area contributed by atoms with Crippen molar-refractivity contribution in [2.75, 3.05) is 7.11 Å². The van der Waals surface area contributed by atoms with Gasteiger partial charge in [0.05, 0.1) is 18.1 Å². The van der Waals surface area contributed by atoms with Crippen LogP contribution in [0.5, 0.6) is 5.75 Å². The molecule has 4 heteroatoms. The SMILES string of the molecule is CCCc1ccc(OC)cc1[N+](=O)[O-]. The van der Waals surface area contributed by atoms with Gasteiger partial charge in [-0.1, -0.05) is 13.3 Å². The first-order chi connectivity index (χ1) is 6.69. The number of nitro groups is 1. The van der Waals surface area contributed by atoms with E-state index in [0.717, 1.165) is 18.4 Å². The molecule has 0 aliphatic heterocycles. The van der Waals surface area contributed by atoms with E-state index in [9.17, 15) is 10.1 Å². The lowest BCUT2D eigenvalue weighted by Crippen LogP contribution is -1.96. The summed E-state index contributed by atoms with van der Waals surface area (Å²) in [7, 11) is 1.50. The molecule has 0 saturated heterocycles. The Labute approximate surface area is 82.7 Å². The second kappa shape index (κ2) is 4.60. The molecule has 0 aromatic heterocycles. The Morgan fingerprint density at radius 2 is 2.21 bits per heavy atom. The van der Waals surface area contributed by atoms with Crippen LogP contribution in [0, 0.1) is 10.1 Å². The molecule has 0 radical (unpaired) electrons. The topological polar surface area (TPSA) is 52.4 Å². The molecule has 76 valence electrons. The minimum atomic E-state index is -0.368. The first-order valence-electron chi connectivity index (χ1n) is 4.50. The van der Waals surface area contributed by atoms with E-state index >= 15 is 0 Å². The zero-order chi connectivity index (χ0) is 10.6. The minimum absolute atomic E-state index is 0.145. The molecule has 0 spiro atoms. The lowest BCUT2D eigenvalue weighted by atomic mass is 10.1. The first-order valence-corrected chi connectivity index (χ1v) is 4.50. The maximum atomic E-state index is 10.7. The van der Waals surface area contributed by atoms with E-state index in [1.807, 2.05) is 6.92 Å². The molecule has 1 aromatic rings. The van der Waals surface area contributed by atoms with Crippen molar-refractivity contribution in [3.8, 4) is 5.75 Å². The maximum Gasteiger partial charge on any atom is 0.276 e. The predicted molar refractivity (Wildman–Crippen MR) is 53.6 cm³/mol. The van der Waals surface area contributed by atoms with Crippen molar-refractivity contribution in [2.45, 2.75) is 19.8 Å². The van der Waals surface area contributed by atoms with Crippen molar-refractivity contribution < 1.29 is 9.66 Å². The quantitative estimate of drug-likeness (QED) is 0.548. The lowest BCUT2D eigenvalue weighted by Gasteiger charge is -2.03. The van der Waals surface area contributed by atoms with E-state index in [1.165, 1.54) is 13.2 Å². The highest BCUT2D eigenvalue weighted by Crippen LogP contribution is 2.25. The van der Waals surface area contributed by atoms with Crippen LogP contribution in [0.1, 0.15) is 18.9 Å². The number of nitrogens with zero attached hydrogens (tertiary/aromatic N) is 1. The zero-order valence-corrected chi connectivity index (χ0v) is 8.32. The molecule has 1 aromatic carbocycles. The molecule has 4 nitrogen and oxygen atoms in total. The average molecular weight is 195 g/mol. The fourth-order valence-electron chi connectivity index (χ4n) is 1.32. The third kappa shape index (κ3) is 2.22. The third-order valence-corrected chi connectivity index (χ3v) is 2.01. The number of ether oxygens (including phenoxy) is 1. The van der Waals surface area contributed by atoms with Crippen LogP contribution in [0.15, 0.2) is 18.2 Å². The van der Waals surface area contributed by atoms with Crippen molar-refractivity contribution in [1.82, 2.24) is 0 Å². The molecule has 14 heavy (non-hydrogen) atoms. The normalized spacial score (nSPS) is 9.86. The van der Waals surface area contributed by atoms with Crippen LogP contribution in [0.25, 0.3) is 0 Å². The second-order valence-corrected chi connectivity index (χ2v) is 3.00. The van der Waals surface area contributed by atoms with Crippen molar-refractivity contribution in [2.24, 2.45) is 0 Å². The number of aryl methyl sites for hydroxylation is 1. The Bertz CT molecular complexity index is 336. The fraction of sp³-hybridized carbons (Fsp3) is 0.400. The number of nitro benzene ring substituents is 1. The Morgan fingerprint density at radius 3 is 2.71 bits per heavy atom. The van der Waals surface area contributed by atoms with Gasteiger partial charge in [0, 0.05) is 5.56 Å². The summed E-state index contributed by atoms with van der Waals surface area (Å²) in [5.41, 5.74) is 0.907. The molecule has 0 unspecified atom stereocenters. The molecular formula is C10H13NO3. The molecule has 0 N–H and O–H groups in total. The van der Waals surface area contributed by atoms with Gasteiger partial charge in [0.25, 0.3) is 5.69 Å². The Balaban J connectivity index is 3.10. The van der Waals surface area contributed by atoms with Gasteiger partial charge in [0.15, 0.2) is 0 Å². The molecule has 1 rings (SSSR count). The summed E-state index contributed by atoms with van der Waals surface area (Å²) in [5, 5.41) is 10.7. The first kappa shape index (κ1) is 10.5. The predicted octanol–water partition coefficient (Wildman–Crippen LogP) is 2.56. The van der Waals surface area contributed by atoms with Crippen LogP contribution < -0.4 is 4.74 Å². The smallest absolute Gasteiger partial charge is 0.276 e. The van der Waals surface area contributed by atoms with Gasteiger partial charge >= 0.3 is 0 Å². The van der Waals surface area contributed by atoms with Crippen molar-refractivity contribution >= 4 is 5.69 Å². The standard InChI is InChI=1S/C10H13NO3/c1-3-4-8-5-6-9(14-2)7-10(8)11(12)13/h5-7H,3-4H2,1-2H3. The van der Waals surface area contributed by atoms with Gasteiger partial charge in [-0.15, -0.1) is 0 Å². The Kier molecular flexibility index (Phi) is 3.45. The summed E-state index contributed by atoms with van der Waals surface area (Å²) >= 11 is 0. The number of hydrogen-bond acceptors (Lipinski definition) is 3. The highest BCUT2D eigenvalue weighted by Gasteiger charge is 2.13. The second-order valence-electron chi connectivity index (χ2n) is 3.00. The van der Waals surface area contributed by atoms with E-state index in [0.29, 0.717) is 5.75 Å². The monoisotopic (exact) mass is 195 g/mol. The number of methoxy groups -OCH3 is 1. The molecule has 0 atom stereocenters. The van der Waals surface area contributed by atoms with Crippen molar-refractivity contribution in [3.63, 3.8) is 0 Å². The van der Waals surface area contributed by atoms with E-state index in [2.05, 4.69) is 0 Å². The summed E-state index contributed by atoms with van der Waals surface area (Å²) in [4.78, 5) is 10.3. The number of hydrogen-bond donors (Lipinski definition) is 0. The molecular weight excluding hydrogens is 182 g/mol. The molecule has 0 bridgehead atoms. The van der Waals surface area contributed by atoms with E-state index in [4.69, 9.17) is 4.74 Å². The van der Waals surface area contributed by atoms with E-state index in [-0.39, 0.29) is 10.6 Å². The average Bonchev–Trinajstić information content (AvgIpc) is 2.18. The lowest BCUT2D eigenvalue weighted by molar-refractivity contribution is -0.385. The van der Waals surface area contributed by atoms with Crippen LogP contribution >= 0.6 is 0 Å². The number of rotatable bonds is 4. The highest BCUT2D eigenvalue weighted by atomic mass is 16.6. The molecule has 0 fully saturated rings. The summed E-state index contributed by atoms with van der Waals surface area (Å²) in [5.74, 6) is 0.525. The van der Waals surface area contributed by atoms with Gasteiger partial charge in [-0.2, -0.15) is 0 Å². The van der Waals surface area contributed by atoms with Gasteiger partial charge in [-0.3, -0.25) is 10.1 Å². The molecule has 0 saturated carbocycles. The van der Waals surface area contributed by atoms with Crippen LogP contribution in [0.2, 0.25) is 0 Å². The van der Waals surface area contributed by atoms with Crippen molar-refractivity contribution in [3.05, 3.63) is 33.9 Å². The maximum absolute atomic E-state index is 10.7. The van der Waals surface area contributed by atoms with Crippen LogP contribution in [-0.2, 0) is 6.42 Å². The van der Waals surface area contributed by atoms with E-state index in [1.54, 1.807) is 12.1 Å². The molecule has 0 heterocycles. The highest BCUT2D eigenvalue weighted by molar-refractivity contribution is 5.46. The van der Waals surface area contributed by atoms with Crippen LogP contribution in [0.3, 0.4) is 0 Å². The minimum Gasteiger partial charge on any atom is -0.497 e. The third-order valence-electron chi connectivity index (χ3n) is 2.01. The Morgan fingerprint density at radius 1 is 1.50 bits per heavy atom. The van der Waals surface area contributed by atoms with Crippen LogP contribution in [0.4, 0.5) is 5.69 Å². The van der Waals surface area contributed by atoms with Gasteiger partial charge < -0.3 is 4.74 Å². The Hall–Kier alpha value is -1.58. The van der Waals surface area contributed by atoms with Gasteiger partial charge in [0.2, 0.25) is 0 Å². The van der Waals surface area contributed by atoms with Gasteiger partial charge in [-0.25, -0.2) is 0 Å². The summed E-state index contributed by atoms with van der Waals surface area (Å²) in [6.45, 7) is 1.99. The van der Waals surface area contributed by atoms with Gasteiger partial charge in [-0.05, 0) is 18.6 Å². The summed E-state index contributed by atoms with van der Waals surface area (Å²) in [6.07, 6.45) is 1.62. The van der Waals surface area contributed by atoms with E-state index < -0.39 is 0 Å². The van der Waals surface area contributed by atoms with Crippen molar-refractivity contribution in [1.29, 1.82) is 0 Å². The van der Waals surface area contributed by atoms with Gasteiger partial charge in [0.1, 0.15) is 5.75 Å². The zero-order valence-electron chi connectivity index (χ0n) is 8.32. The molecule has 0 aliphatic rings. The summed E-state index contributed by atoms with van der Waals surface area (Å²) < 4.78 is 4.93.